The summed E-state index contributed by atoms with van der Waals surface area (Å²) in [6, 6.07) is 14.5. The Morgan fingerprint density at radius 1 is 1.10 bits per heavy atom. The van der Waals surface area contributed by atoms with Crippen LogP contribution in [0.3, 0.4) is 0 Å². The molecule has 0 fully saturated rings. The zero-order valence-corrected chi connectivity index (χ0v) is 10.7. The van der Waals surface area contributed by atoms with Gasteiger partial charge in [0.15, 0.2) is 11.5 Å². The number of aliphatic carboxylic acids is 1. The molecule has 0 radical (unpaired) electrons. The van der Waals surface area contributed by atoms with E-state index in [1.54, 1.807) is 18.2 Å². The van der Waals surface area contributed by atoms with Crippen molar-refractivity contribution < 1.29 is 19.7 Å². The fourth-order valence-corrected chi connectivity index (χ4v) is 1.69. The number of hydrogen-bond acceptors (Lipinski definition) is 3. The normalized spacial score (nSPS) is 10.6. The average Bonchev–Trinajstić information content (AvgIpc) is 2.46. The zero-order valence-electron chi connectivity index (χ0n) is 10.7. The highest BCUT2D eigenvalue weighted by Crippen LogP contribution is 2.31. The topological polar surface area (TPSA) is 66.8 Å². The van der Waals surface area contributed by atoms with E-state index in [9.17, 15) is 9.90 Å². The van der Waals surface area contributed by atoms with Gasteiger partial charge in [0.05, 0.1) is 0 Å². The molecular formula is C16H14O4. The summed E-state index contributed by atoms with van der Waals surface area (Å²) >= 11 is 0. The Kier molecular flexibility index (Phi) is 4.39. The molecule has 2 N–H and O–H groups in total. The maximum Gasteiger partial charge on any atom is 0.328 e. The summed E-state index contributed by atoms with van der Waals surface area (Å²) in [5.74, 6) is -0.817. The highest BCUT2D eigenvalue weighted by atomic mass is 16.5. The second-order valence-corrected chi connectivity index (χ2v) is 4.14. The zero-order chi connectivity index (χ0) is 14.4. The quantitative estimate of drug-likeness (QED) is 0.819. The first kappa shape index (κ1) is 13.7. The van der Waals surface area contributed by atoms with Crippen molar-refractivity contribution in [3.05, 3.63) is 65.7 Å². The number of phenolic OH excluding ortho intramolecular Hbond substituents is 1. The monoisotopic (exact) mass is 270 g/mol. The number of phenols is 1. The SMILES string of the molecule is O=C(O)C=Cc1cccc(OCc2ccccc2)c1O. The van der Waals surface area contributed by atoms with Crippen LogP contribution in [-0.2, 0) is 11.4 Å². The third-order valence-electron chi connectivity index (χ3n) is 2.67. The van der Waals surface area contributed by atoms with Crippen molar-refractivity contribution >= 4 is 12.0 Å². The summed E-state index contributed by atoms with van der Waals surface area (Å²) in [6.07, 6.45) is 2.29. The van der Waals surface area contributed by atoms with Crippen LogP contribution in [0.1, 0.15) is 11.1 Å². The Morgan fingerprint density at radius 2 is 1.85 bits per heavy atom. The molecule has 0 bridgehead atoms. The maximum atomic E-state index is 10.5. The smallest absolute Gasteiger partial charge is 0.328 e. The molecule has 0 amide bonds. The lowest BCUT2D eigenvalue weighted by atomic mass is 10.1. The van der Waals surface area contributed by atoms with Crippen LogP contribution in [0.15, 0.2) is 54.6 Å². The van der Waals surface area contributed by atoms with Crippen molar-refractivity contribution in [3.63, 3.8) is 0 Å². The van der Waals surface area contributed by atoms with Gasteiger partial charge in [-0.1, -0.05) is 42.5 Å². The number of carbonyl (C=O) groups is 1. The van der Waals surface area contributed by atoms with Crippen molar-refractivity contribution in [3.8, 4) is 11.5 Å². The number of ether oxygens (including phenoxy) is 1. The highest BCUT2D eigenvalue weighted by molar-refractivity contribution is 5.86. The Balaban J connectivity index is 2.12. The molecule has 0 spiro atoms. The van der Waals surface area contributed by atoms with E-state index in [0.717, 1.165) is 11.6 Å². The average molecular weight is 270 g/mol. The predicted molar refractivity (Wildman–Crippen MR) is 75.6 cm³/mol. The summed E-state index contributed by atoms with van der Waals surface area (Å²) in [7, 11) is 0. The van der Waals surface area contributed by atoms with Crippen molar-refractivity contribution in [2.75, 3.05) is 0 Å². The summed E-state index contributed by atoms with van der Waals surface area (Å²) in [6.45, 7) is 0.334. The second-order valence-electron chi connectivity index (χ2n) is 4.14. The fraction of sp³-hybridized carbons (Fsp3) is 0.0625. The Morgan fingerprint density at radius 3 is 2.55 bits per heavy atom. The van der Waals surface area contributed by atoms with E-state index in [2.05, 4.69) is 0 Å². The molecule has 0 aromatic heterocycles. The van der Waals surface area contributed by atoms with Gasteiger partial charge in [0, 0.05) is 11.6 Å². The lowest BCUT2D eigenvalue weighted by Crippen LogP contribution is -1.96. The summed E-state index contributed by atoms with van der Waals surface area (Å²) in [5, 5.41) is 18.6. The van der Waals surface area contributed by atoms with Crippen LogP contribution < -0.4 is 4.74 Å². The number of carboxylic acid groups (broad SMARTS) is 1. The van der Waals surface area contributed by atoms with E-state index in [1.165, 1.54) is 6.08 Å². The maximum absolute atomic E-state index is 10.5. The van der Waals surface area contributed by atoms with Crippen molar-refractivity contribution in [2.24, 2.45) is 0 Å². The van der Waals surface area contributed by atoms with E-state index in [1.807, 2.05) is 30.3 Å². The van der Waals surface area contributed by atoms with Gasteiger partial charge in [-0.3, -0.25) is 0 Å². The van der Waals surface area contributed by atoms with Gasteiger partial charge in [-0.15, -0.1) is 0 Å². The van der Waals surface area contributed by atoms with Gasteiger partial charge in [-0.25, -0.2) is 4.79 Å². The molecule has 0 aliphatic carbocycles. The van der Waals surface area contributed by atoms with Crippen LogP contribution in [0.4, 0.5) is 0 Å². The van der Waals surface area contributed by atoms with E-state index in [4.69, 9.17) is 9.84 Å². The lowest BCUT2D eigenvalue weighted by Gasteiger charge is -2.09. The van der Waals surface area contributed by atoms with Crippen LogP contribution in [0.25, 0.3) is 6.08 Å². The molecule has 0 aliphatic heterocycles. The van der Waals surface area contributed by atoms with Gasteiger partial charge in [-0.2, -0.15) is 0 Å². The number of para-hydroxylation sites is 1. The standard InChI is InChI=1S/C16H14O4/c17-15(18)10-9-13-7-4-8-14(16(13)19)20-11-12-5-2-1-3-6-12/h1-10,19H,11H2,(H,17,18). The molecule has 0 saturated carbocycles. The number of rotatable bonds is 5. The number of hydrogen-bond donors (Lipinski definition) is 2. The molecule has 20 heavy (non-hydrogen) atoms. The molecule has 102 valence electrons. The largest absolute Gasteiger partial charge is 0.504 e. The van der Waals surface area contributed by atoms with Crippen LogP contribution in [0.2, 0.25) is 0 Å². The first-order valence-corrected chi connectivity index (χ1v) is 6.06. The van der Waals surface area contributed by atoms with Crippen molar-refractivity contribution in [1.29, 1.82) is 0 Å². The molecule has 0 unspecified atom stereocenters. The molecule has 0 saturated heterocycles. The van der Waals surface area contributed by atoms with Crippen molar-refractivity contribution in [1.82, 2.24) is 0 Å². The Hall–Kier alpha value is -2.75. The van der Waals surface area contributed by atoms with Gasteiger partial charge >= 0.3 is 5.97 Å². The summed E-state index contributed by atoms with van der Waals surface area (Å²) < 4.78 is 5.54. The third-order valence-corrected chi connectivity index (χ3v) is 2.67. The van der Waals surface area contributed by atoms with Gasteiger partial charge in [0.2, 0.25) is 0 Å². The van der Waals surface area contributed by atoms with Crippen LogP contribution in [-0.4, -0.2) is 16.2 Å². The van der Waals surface area contributed by atoms with Crippen LogP contribution in [0, 0.1) is 0 Å². The molecule has 4 nitrogen and oxygen atoms in total. The minimum Gasteiger partial charge on any atom is -0.504 e. The third kappa shape index (κ3) is 3.62. The van der Waals surface area contributed by atoms with Crippen LogP contribution in [0.5, 0.6) is 11.5 Å². The molecule has 2 rings (SSSR count). The van der Waals surface area contributed by atoms with Gasteiger partial charge in [0.25, 0.3) is 0 Å². The first-order chi connectivity index (χ1) is 9.66. The Labute approximate surface area is 116 Å². The minimum absolute atomic E-state index is 0.0686. The van der Waals surface area contributed by atoms with Gasteiger partial charge in [-0.05, 0) is 17.7 Å². The van der Waals surface area contributed by atoms with Gasteiger partial charge < -0.3 is 14.9 Å². The molecule has 4 heteroatoms. The minimum atomic E-state index is -1.07. The van der Waals surface area contributed by atoms with E-state index >= 15 is 0 Å². The lowest BCUT2D eigenvalue weighted by molar-refractivity contribution is -0.131. The number of carboxylic acids is 1. The molecule has 2 aromatic carbocycles. The molecule has 2 aromatic rings. The predicted octanol–water partition coefficient (Wildman–Crippen LogP) is 3.07. The highest BCUT2D eigenvalue weighted by Gasteiger charge is 2.06. The first-order valence-electron chi connectivity index (χ1n) is 6.06. The summed E-state index contributed by atoms with van der Waals surface area (Å²) in [4.78, 5) is 10.5. The molecule has 0 heterocycles. The Bertz CT molecular complexity index is 618. The van der Waals surface area contributed by atoms with E-state index in [-0.39, 0.29) is 5.75 Å². The van der Waals surface area contributed by atoms with E-state index < -0.39 is 5.97 Å². The fourth-order valence-electron chi connectivity index (χ4n) is 1.69. The van der Waals surface area contributed by atoms with Gasteiger partial charge in [0.1, 0.15) is 6.61 Å². The summed E-state index contributed by atoms with van der Waals surface area (Å²) in [5.41, 5.74) is 1.39. The van der Waals surface area contributed by atoms with Crippen molar-refractivity contribution in [2.45, 2.75) is 6.61 Å². The van der Waals surface area contributed by atoms with E-state index in [0.29, 0.717) is 17.9 Å². The molecular weight excluding hydrogens is 256 g/mol. The molecule has 0 aliphatic rings. The second kappa shape index (κ2) is 6.43. The number of benzene rings is 2. The molecule has 0 atom stereocenters. The van der Waals surface area contributed by atoms with Crippen LogP contribution >= 0.6 is 0 Å². The number of aromatic hydroxyl groups is 1.